The first-order valence-corrected chi connectivity index (χ1v) is 8.18. The van der Waals surface area contributed by atoms with Crippen LogP contribution in [0.25, 0.3) is 4.96 Å². The van der Waals surface area contributed by atoms with Gasteiger partial charge in [-0.15, -0.1) is 11.3 Å². The highest BCUT2D eigenvalue weighted by Crippen LogP contribution is 2.23. The maximum absolute atomic E-state index is 13.0. The zero-order valence-electron chi connectivity index (χ0n) is 10.2. The van der Waals surface area contributed by atoms with Gasteiger partial charge in [0.1, 0.15) is 5.82 Å². The van der Waals surface area contributed by atoms with Crippen molar-refractivity contribution in [3.05, 3.63) is 47.5 Å². The van der Waals surface area contributed by atoms with E-state index in [-0.39, 0.29) is 16.3 Å². The molecular formula is C12H10FN3O2S2. The summed E-state index contributed by atoms with van der Waals surface area (Å²) in [6.07, 6.45) is 3.46. The zero-order valence-corrected chi connectivity index (χ0v) is 11.8. The Labute approximate surface area is 118 Å². The van der Waals surface area contributed by atoms with Gasteiger partial charge >= 0.3 is 0 Å². The molecule has 0 unspecified atom stereocenters. The number of sulfone groups is 1. The monoisotopic (exact) mass is 311 g/mol. The van der Waals surface area contributed by atoms with Gasteiger partial charge in [-0.05, 0) is 18.2 Å². The molecule has 5 nitrogen and oxygen atoms in total. The summed E-state index contributed by atoms with van der Waals surface area (Å²) >= 11 is 1.42. The lowest BCUT2D eigenvalue weighted by Gasteiger charge is -2.06. The van der Waals surface area contributed by atoms with Gasteiger partial charge in [-0.2, -0.15) is 0 Å². The van der Waals surface area contributed by atoms with Crippen LogP contribution in [0.15, 0.2) is 40.9 Å². The van der Waals surface area contributed by atoms with Crippen molar-refractivity contribution in [1.82, 2.24) is 9.38 Å². The Bertz CT molecular complexity index is 855. The summed E-state index contributed by atoms with van der Waals surface area (Å²) < 4.78 is 39.3. The highest BCUT2D eigenvalue weighted by atomic mass is 32.2. The standard InChI is InChI=1S/C12H10FN3O2S2/c13-8-1-2-11(10(14)5-8)20(17,18)7-9-6-16-3-4-19-12(16)15-9/h1-6H,7,14H2. The van der Waals surface area contributed by atoms with Crippen molar-refractivity contribution in [2.24, 2.45) is 0 Å². The summed E-state index contributed by atoms with van der Waals surface area (Å²) in [6, 6.07) is 3.26. The first kappa shape index (κ1) is 13.1. The summed E-state index contributed by atoms with van der Waals surface area (Å²) in [5.74, 6) is -0.832. The Balaban J connectivity index is 1.97. The van der Waals surface area contributed by atoms with E-state index in [2.05, 4.69) is 4.98 Å². The largest absolute Gasteiger partial charge is 0.398 e. The van der Waals surface area contributed by atoms with Crippen molar-refractivity contribution < 1.29 is 12.8 Å². The molecule has 2 heterocycles. The molecule has 20 heavy (non-hydrogen) atoms. The Morgan fingerprint density at radius 1 is 1.40 bits per heavy atom. The third-order valence-corrected chi connectivity index (χ3v) is 5.28. The Morgan fingerprint density at radius 3 is 2.90 bits per heavy atom. The minimum atomic E-state index is -3.65. The second kappa shape index (κ2) is 4.57. The zero-order chi connectivity index (χ0) is 14.3. The number of nitrogen functional groups attached to an aromatic ring is 1. The third-order valence-electron chi connectivity index (χ3n) is 2.79. The van der Waals surface area contributed by atoms with Crippen LogP contribution in [0, 0.1) is 5.82 Å². The highest BCUT2D eigenvalue weighted by Gasteiger charge is 2.20. The lowest BCUT2D eigenvalue weighted by Crippen LogP contribution is -2.08. The van der Waals surface area contributed by atoms with Gasteiger partial charge in [0.15, 0.2) is 14.8 Å². The molecule has 0 aliphatic rings. The Kier molecular flexibility index (Phi) is 2.98. The second-order valence-electron chi connectivity index (χ2n) is 4.27. The minimum Gasteiger partial charge on any atom is -0.398 e. The molecule has 0 bridgehead atoms. The van der Waals surface area contributed by atoms with Crippen LogP contribution in [-0.2, 0) is 15.6 Å². The van der Waals surface area contributed by atoms with Gasteiger partial charge in [0, 0.05) is 17.8 Å². The fourth-order valence-electron chi connectivity index (χ4n) is 1.92. The SMILES string of the molecule is Nc1cc(F)ccc1S(=O)(=O)Cc1cn2ccsc2n1. The maximum Gasteiger partial charge on any atom is 0.193 e. The fourth-order valence-corrected chi connectivity index (χ4v) is 4.02. The van der Waals surface area contributed by atoms with Gasteiger partial charge in [-0.1, -0.05) is 0 Å². The molecule has 0 aliphatic carbocycles. The number of thiazole rings is 1. The number of rotatable bonds is 3. The average Bonchev–Trinajstić information content (AvgIpc) is 2.87. The van der Waals surface area contributed by atoms with Crippen LogP contribution in [0.1, 0.15) is 5.69 Å². The van der Waals surface area contributed by atoms with Crippen LogP contribution in [-0.4, -0.2) is 17.8 Å². The fraction of sp³-hybridized carbons (Fsp3) is 0.0833. The van der Waals surface area contributed by atoms with Crippen LogP contribution in [0.4, 0.5) is 10.1 Å². The molecule has 0 saturated heterocycles. The number of nitrogens with two attached hydrogens (primary N) is 1. The number of nitrogens with zero attached hydrogens (tertiary/aromatic N) is 2. The molecule has 0 aliphatic heterocycles. The summed E-state index contributed by atoms with van der Waals surface area (Å²) in [4.78, 5) is 4.87. The summed E-state index contributed by atoms with van der Waals surface area (Å²) in [6.45, 7) is 0. The third kappa shape index (κ3) is 2.27. The number of aromatic nitrogens is 2. The molecule has 0 saturated carbocycles. The van der Waals surface area contributed by atoms with Crippen LogP contribution in [0.3, 0.4) is 0 Å². The molecule has 0 spiro atoms. The average molecular weight is 311 g/mol. The van der Waals surface area contributed by atoms with E-state index in [0.29, 0.717) is 5.69 Å². The van der Waals surface area contributed by atoms with Crippen molar-refractivity contribution >= 4 is 31.8 Å². The smallest absolute Gasteiger partial charge is 0.193 e. The summed E-state index contributed by atoms with van der Waals surface area (Å²) in [7, 11) is -3.65. The molecule has 0 fully saturated rings. The summed E-state index contributed by atoms with van der Waals surface area (Å²) in [5.41, 5.74) is 5.91. The second-order valence-corrected chi connectivity index (χ2v) is 7.10. The summed E-state index contributed by atoms with van der Waals surface area (Å²) in [5, 5.41) is 1.86. The maximum atomic E-state index is 13.0. The Hall–Kier alpha value is -1.93. The number of hydrogen-bond donors (Lipinski definition) is 1. The number of benzene rings is 1. The van der Waals surface area contributed by atoms with E-state index in [9.17, 15) is 12.8 Å². The first-order valence-electron chi connectivity index (χ1n) is 5.64. The molecular weight excluding hydrogens is 301 g/mol. The van der Waals surface area contributed by atoms with E-state index in [1.807, 2.05) is 5.38 Å². The molecule has 0 atom stereocenters. The van der Waals surface area contributed by atoms with Crippen molar-refractivity contribution in [3.8, 4) is 0 Å². The van der Waals surface area contributed by atoms with E-state index < -0.39 is 15.7 Å². The molecule has 2 N–H and O–H groups in total. The van der Waals surface area contributed by atoms with Gasteiger partial charge in [0.05, 0.1) is 22.0 Å². The van der Waals surface area contributed by atoms with Crippen molar-refractivity contribution in [1.29, 1.82) is 0 Å². The van der Waals surface area contributed by atoms with Crippen molar-refractivity contribution in [2.45, 2.75) is 10.6 Å². The van der Waals surface area contributed by atoms with Gasteiger partial charge in [-0.3, -0.25) is 4.40 Å². The predicted molar refractivity (Wildman–Crippen MR) is 74.8 cm³/mol. The van der Waals surface area contributed by atoms with Crippen LogP contribution >= 0.6 is 11.3 Å². The molecule has 1 aromatic carbocycles. The van der Waals surface area contributed by atoms with Crippen LogP contribution in [0.5, 0.6) is 0 Å². The van der Waals surface area contributed by atoms with E-state index in [0.717, 1.165) is 17.1 Å². The number of halogens is 1. The van der Waals surface area contributed by atoms with E-state index in [4.69, 9.17) is 5.73 Å². The number of imidazole rings is 1. The molecule has 0 radical (unpaired) electrons. The minimum absolute atomic E-state index is 0.0738. The van der Waals surface area contributed by atoms with Crippen molar-refractivity contribution in [3.63, 3.8) is 0 Å². The van der Waals surface area contributed by atoms with Gasteiger partial charge in [-0.25, -0.2) is 17.8 Å². The topological polar surface area (TPSA) is 77.5 Å². The Morgan fingerprint density at radius 2 is 2.20 bits per heavy atom. The normalized spacial score (nSPS) is 12.1. The number of anilines is 1. The molecule has 104 valence electrons. The van der Waals surface area contributed by atoms with Crippen LogP contribution in [0.2, 0.25) is 0 Å². The first-order chi connectivity index (χ1) is 9.45. The molecule has 0 amide bonds. The lowest BCUT2D eigenvalue weighted by molar-refractivity contribution is 0.594. The lowest BCUT2D eigenvalue weighted by atomic mass is 10.3. The van der Waals surface area contributed by atoms with E-state index >= 15 is 0 Å². The van der Waals surface area contributed by atoms with Gasteiger partial charge in [0.2, 0.25) is 0 Å². The molecule has 8 heteroatoms. The van der Waals surface area contributed by atoms with E-state index in [1.54, 1.807) is 16.8 Å². The van der Waals surface area contributed by atoms with E-state index in [1.165, 1.54) is 17.4 Å². The predicted octanol–water partition coefficient (Wildman–Crippen LogP) is 2.09. The van der Waals surface area contributed by atoms with Gasteiger partial charge < -0.3 is 5.73 Å². The van der Waals surface area contributed by atoms with Crippen LogP contribution < -0.4 is 5.73 Å². The molecule has 3 aromatic rings. The molecule has 3 rings (SSSR count). The van der Waals surface area contributed by atoms with Gasteiger partial charge in [0.25, 0.3) is 0 Å². The quantitative estimate of drug-likeness (QED) is 0.593. The highest BCUT2D eigenvalue weighted by molar-refractivity contribution is 7.90. The number of fused-ring (bicyclic) bond motifs is 1. The van der Waals surface area contributed by atoms with Crippen molar-refractivity contribution in [2.75, 3.05) is 5.73 Å². The molecule has 2 aromatic heterocycles. The number of hydrogen-bond acceptors (Lipinski definition) is 5.